The molecular formula is C25H27ClK4N6O4. The third kappa shape index (κ3) is 11.5. The summed E-state index contributed by atoms with van der Waals surface area (Å²) in [4.78, 5) is 21.7. The van der Waals surface area contributed by atoms with E-state index in [1.54, 1.807) is 0 Å². The zero-order valence-corrected chi connectivity index (χ0v) is 37.7. The number of fused-ring (bicyclic) bond motifs is 1. The monoisotopic (exact) mass is 666 g/mol. The van der Waals surface area contributed by atoms with Crippen LogP contribution in [0, 0.1) is 10.1 Å². The molecule has 2 heterocycles. The van der Waals surface area contributed by atoms with Crippen LogP contribution in [0.25, 0.3) is 22.2 Å². The summed E-state index contributed by atoms with van der Waals surface area (Å²) in [6.07, 6.45) is 4.38. The van der Waals surface area contributed by atoms with E-state index in [0.717, 1.165) is 35.2 Å². The fourth-order valence-corrected chi connectivity index (χ4v) is 4.05. The van der Waals surface area contributed by atoms with Gasteiger partial charge in [-0.05, 0) is 38.7 Å². The van der Waals surface area contributed by atoms with Crippen LogP contribution in [-0.4, -0.2) is 185 Å². The summed E-state index contributed by atoms with van der Waals surface area (Å²) in [5.74, 6) is 1.44. The van der Waals surface area contributed by atoms with Gasteiger partial charge in [0.05, 0.1) is 46.8 Å². The number of rotatable bonds is 10. The van der Waals surface area contributed by atoms with Crippen molar-refractivity contribution in [3.05, 3.63) is 63.9 Å². The van der Waals surface area contributed by atoms with Gasteiger partial charge in [0, 0.05) is 48.9 Å². The second-order valence-corrected chi connectivity index (χ2v) is 8.90. The van der Waals surface area contributed by atoms with E-state index in [1.807, 2.05) is 50.1 Å². The molecule has 10 nitrogen and oxygen atoms in total. The topological polar surface area (TPSA) is 108 Å². The quantitative estimate of drug-likeness (QED) is 0.118. The van der Waals surface area contributed by atoms with Gasteiger partial charge >= 0.3 is 126 Å². The number of halogens is 1. The maximum atomic E-state index is 11.2. The van der Waals surface area contributed by atoms with E-state index in [4.69, 9.17) is 21.1 Å². The molecule has 192 valence electrons. The first-order valence-electron chi connectivity index (χ1n) is 13.3. The van der Waals surface area contributed by atoms with Crippen molar-refractivity contribution in [1.29, 1.82) is 0 Å². The Bertz CT molecular complexity index is 1420. The Morgan fingerprint density at radius 3 is 2.52 bits per heavy atom. The Hall–Kier alpha value is 2.66. The van der Waals surface area contributed by atoms with Gasteiger partial charge in [-0.1, -0.05) is 11.6 Å². The van der Waals surface area contributed by atoms with E-state index in [0.29, 0.717) is 28.8 Å². The van der Waals surface area contributed by atoms with E-state index >= 15 is 0 Å². The first-order valence-corrected chi connectivity index (χ1v) is 45.6. The number of aryl methyl sites for hydroxylation is 1. The third-order valence-corrected chi connectivity index (χ3v) is 5.90. The summed E-state index contributed by atoms with van der Waals surface area (Å²) in [7, 11) is 7.51. The van der Waals surface area contributed by atoms with Crippen molar-refractivity contribution in [3.63, 3.8) is 0 Å². The van der Waals surface area contributed by atoms with Gasteiger partial charge in [0.1, 0.15) is 11.5 Å². The van der Waals surface area contributed by atoms with Crippen molar-refractivity contribution in [2.24, 2.45) is 7.05 Å². The van der Waals surface area contributed by atoms with E-state index in [2.05, 4.69) is 20.2 Å². The molecule has 40 heavy (non-hydrogen) atoms. The zero-order chi connectivity index (χ0) is 29.8. The molecule has 0 saturated heterocycles. The summed E-state index contributed by atoms with van der Waals surface area (Å²) in [6, 6.07) is 10.2. The molecule has 0 radical (unpaired) electrons. The first-order chi connectivity index (χ1) is 19.3. The fraction of sp³-hybridized carbons (Fsp3) is 0.280. The van der Waals surface area contributed by atoms with Crippen LogP contribution >= 0.6 is 11.6 Å². The van der Waals surface area contributed by atoms with E-state index < -0.39 is 4.92 Å². The van der Waals surface area contributed by atoms with E-state index in [9.17, 15) is 10.1 Å². The van der Waals surface area contributed by atoms with Crippen molar-refractivity contribution < 1.29 is 14.4 Å². The van der Waals surface area contributed by atoms with Crippen molar-refractivity contribution in [2.75, 3.05) is 39.7 Å². The minimum absolute atomic E-state index is 0.0821. The number of aromatic nitrogens is 3. The van der Waals surface area contributed by atoms with Crippen LogP contribution in [0.5, 0.6) is 11.5 Å². The van der Waals surface area contributed by atoms with Crippen LogP contribution in [0.3, 0.4) is 0 Å². The van der Waals surface area contributed by atoms with Crippen LogP contribution in [0.4, 0.5) is 17.3 Å². The summed E-state index contributed by atoms with van der Waals surface area (Å²) < 4.78 is 13.2. The van der Waals surface area contributed by atoms with Crippen molar-refractivity contribution >= 4 is 166 Å². The molecule has 0 fully saturated rings. The number of nitro groups is 1. The summed E-state index contributed by atoms with van der Waals surface area (Å²) >= 11 is 11.5. The molecule has 0 spiro atoms. The average Bonchev–Trinajstić information content (AvgIpc) is 3.29. The summed E-state index contributed by atoms with van der Waals surface area (Å²) in [5.41, 5.74) is 2.62. The number of benzene rings is 2. The Morgan fingerprint density at radius 1 is 1.15 bits per heavy atom. The van der Waals surface area contributed by atoms with Crippen LogP contribution < -0.4 is 14.8 Å². The van der Waals surface area contributed by atoms with Gasteiger partial charge in [-0.25, -0.2) is 9.97 Å². The molecule has 0 unspecified atom stereocenters. The number of hydrogen-bond acceptors (Lipinski definition) is 8. The number of non-ortho nitro benzene ring substituents is 1. The Balaban J connectivity index is 0.00000134. The molecule has 0 aliphatic heterocycles. The SMILES string of the molecule is COc1ccc([N+](=O)[O-])cc1Nc1ncc(Cl)c(-c2cn(C)c3cc(OCCCN(C)C)ccc23)n1.[K][K].[K][K]. The molecule has 0 aliphatic carbocycles. The van der Waals surface area contributed by atoms with Gasteiger partial charge in [-0.15, -0.1) is 0 Å². The van der Waals surface area contributed by atoms with E-state index in [-0.39, 0.29) is 11.6 Å². The molecule has 0 saturated carbocycles. The number of nitrogens with one attached hydrogen (secondary N) is 1. The Labute approximate surface area is 330 Å². The standard InChI is InChI=1S/C25H27ClN6O4.4K/c1-30(2)10-5-11-36-17-7-8-18-19(15-31(3)22(18)13-17)24-20(26)14-27-25(29-24)28-21-12-16(32(33)34)6-9-23(21)35-4;;;;/h6-9,12-15H,5,10-11H2,1-4H3,(H,27,28,29);;;;. The average molecular weight is 667 g/mol. The molecule has 0 amide bonds. The van der Waals surface area contributed by atoms with Crippen LogP contribution in [-0.2, 0) is 7.05 Å². The number of ether oxygens (including phenoxy) is 2. The Kier molecular flexibility index (Phi) is 20.1. The second-order valence-electron chi connectivity index (χ2n) is 8.49. The number of nitro benzene ring substituents is 1. The predicted molar refractivity (Wildman–Crippen MR) is 164 cm³/mol. The van der Waals surface area contributed by atoms with Gasteiger partial charge in [-0.3, -0.25) is 10.1 Å². The van der Waals surface area contributed by atoms with Crippen LogP contribution in [0.2, 0.25) is 5.02 Å². The van der Waals surface area contributed by atoms with Gasteiger partial charge in [0.15, 0.2) is 0 Å². The van der Waals surface area contributed by atoms with Gasteiger partial charge in [0.2, 0.25) is 5.95 Å². The van der Waals surface area contributed by atoms with Crippen molar-refractivity contribution in [2.45, 2.75) is 6.42 Å². The molecule has 0 bridgehead atoms. The molecule has 0 aliphatic rings. The number of nitrogens with zero attached hydrogens (tertiary/aromatic N) is 5. The van der Waals surface area contributed by atoms with Crippen molar-refractivity contribution in [3.8, 4) is 22.8 Å². The van der Waals surface area contributed by atoms with Crippen LogP contribution in [0.1, 0.15) is 6.42 Å². The van der Waals surface area contributed by atoms with Gasteiger partial charge in [0.25, 0.3) is 5.69 Å². The molecular weight excluding hydrogens is 640 g/mol. The van der Waals surface area contributed by atoms with Gasteiger partial charge in [-0.2, -0.15) is 0 Å². The molecule has 4 aromatic rings. The summed E-state index contributed by atoms with van der Waals surface area (Å²) in [5, 5.41) is 15.6. The number of anilines is 2. The van der Waals surface area contributed by atoms with E-state index in [1.165, 1.54) is 158 Å². The number of methoxy groups -OCH3 is 1. The minimum atomic E-state index is -0.477. The maximum absolute atomic E-state index is 11.2. The third-order valence-electron chi connectivity index (χ3n) is 5.62. The van der Waals surface area contributed by atoms with Crippen LogP contribution in [0.15, 0.2) is 48.8 Å². The first kappa shape index (κ1) is 38.8. The zero-order valence-electron chi connectivity index (χ0n) is 24.5. The summed E-state index contributed by atoms with van der Waals surface area (Å²) in [6.45, 7) is 1.59. The molecule has 15 heteroatoms. The van der Waals surface area contributed by atoms with Crippen molar-refractivity contribution in [1.82, 2.24) is 19.4 Å². The molecule has 1 N–H and O–H groups in total. The second kappa shape index (κ2) is 20.7. The molecule has 2 aromatic heterocycles. The van der Waals surface area contributed by atoms with Gasteiger partial charge < -0.3 is 24.3 Å². The molecule has 2 aromatic carbocycles. The molecule has 4 rings (SSSR count). The normalized spacial score (nSPS) is 10.4. The predicted octanol–water partition coefficient (Wildman–Crippen LogP) is 3.76. The Morgan fingerprint density at radius 2 is 1.88 bits per heavy atom. The fourth-order valence-electron chi connectivity index (χ4n) is 3.86. The molecule has 0 atom stereocenters. The number of hydrogen-bond donors (Lipinski definition) is 1.